The molecule has 76 valence electrons. The third kappa shape index (κ3) is 5.94. The minimum atomic E-state index is -3.00. The topological polar surface area (TPSA) is 73.6 Å². The lowest BCUT2D eigenvalue weighted by molar-refractivity contribution is 0.216. The zero-order valence-electron chi connectivity index (χ0n) is 7.28. The molecule has 0 aliphatic heterocycles. The van der Waals surface area contributed by atoms with Crippen molar-refractivity contribution in [1.82, 2.24) is 5.32 Å². The summed E-state index contributed by atoms with van der Waals surface area (Å²) in [4.78, 5) is 0. The van der Waals surface area contributed by atoms with Gasteiger partial charge in [-0.1, -0.05) is 0 Å². The maximum atomic E-state index is 11.3. The first-order chi connectivity index (χ1) is 5.18. The van der Waals surface area contributed by atoms with Gasteiger partial charge in [0.2, 0.25) is 0 Å². The van der Waals surface area contributed by atoms with Gasteiger partial charge in [0.1, 0.15) is 0 Å². The van der Waals surface area contributed by atoms with Gasteiger partial charge in [0, 0.05) is 6.54 Å². The predicted molar refractivity (Wildman–Crippen MR) is 50.5 cm³/mol. The van der Waals surface area contributed by atoms with E-state index in [9.17, 15) is 4.57 Å². The van der Waals surface area contributed by atoms with Crippen LogP contribution in [0.1, 0.15) is 6.92 Å². The van der Waals surface area contributed by atoms with Crippen LogP contribution in [0.3, 0.4) is 0 Å². The van der Waals surface area contributed by atoms with E-state index in [1.807, 2.05) is 0 Å². The normalized spacial score (nSPS) is 14.9. The second-order valence-electron chi connectivity index (χ2n) is 1.96. The summed E-state index contributed by atoms with van der Waals surface area (Å²) in [5, 5.41) is 2.83. The number of halogens is 1. The minimum Gasteiger partial charge on any atom is -0.319 e. The zero-order valence-corrected chi connectivity index (χ0v) is 8.99. The number of hydrogen-bond acceptors (Lipinski definition) is 5. The van der Waals surface area contributed by atoms with Gasteiger partial charge in [0.25, 0.3) is 0 Å². The molecular weight excluding hydrogens is 202 g/mol. The quantitative estimate of drug-likeness (QED) is 0.508. The van der Waals surface area contributed by atoms with E-state index in [4.69, 9.17) is 10.4 Å². The Hall–Kier alpha value is 0.360. The van der Waals surface area contributed by atoms with Crippen molar-refractivity contribution in [2.24, 2.45) is 5.90 Å². The van der Waals surface area contributed by atoms with Gasteiger partial charge in [-0.3, -0.25) is 4.57 Å². The second-order valence-corrected chi connectivity index (χ2v) is 4.10. The summed E-state index contributed by atoms with van der Waals surface area (Å²) in [5.74, 6) is 4.82. The molecule has 1 unspecified atom stereocenters. The fraction of sp³-hybridized carbons (Fsp3) is 1.00. The van der Waals surface area contributed by atoms with Crippen LogP contribution in [0.5, 0.6) is 0 Å². The molecule has 0 aliphatic rings. The molecule has 0 rings (SSSR count). The van der Waals surface area contributed by atoms with Crippen LogP contribution < -0.4 is 11.2 Å². The van der Waals surface area contributed by atoms with Crippen LogP contribution >= 0.6 is 20.0 Å². The monoisotopic (exact) mass is 218 g/mol. The van der Waals surface area contributed by atoms with Gasteiger partial charge in [0.05, 0.1) is 12.8 Å². The molecule has 0 aromatic carbocycles. The van der Waals surface area contributed by atoms with Crippen molar-refractivity contribution >= 4 is 20.0 Å². The van der Waals surface area contributed by atoms with E-state index in [0.717, 1.165) is 0 Å². The summed E-state index contributed by atoms with van der Waals surface area (Å²) >= 11 is 0. The SMILES string of the molecule is CCOP(=O)(CCNC)ON.Cl. The summed E-state index contributed by atoms with van der Waals surface area (Å²) < 4.78 is 20.5. The Morgan fingerprint density at radius 1 is 1.58 bits per heavy atom. The average Bonchev–Trinajstić information content (AvgIpc) is 2.02. The molecule has 7 heteroatoms. The average molecular weight is 219 g/mol. The van der Waals surface area contributed by atoms with Crippen LogP contribution in [-0.4, -0.2) is 26.4 Å². The standard InChI is InChI=1S/C5H15N2O3P.ClH/c1-3-9-11(8,10-6)5-4-7-2;/h7H,3-6H2,1-2H3;1H. The van der Waals surface area contributed by atoms with Crippen molar-refractivity contribution in [2.75, 3.05) is 26.4 Å². The molecule has 0 bridgehead atoms. The van der Waals surface area contributed by atoms with Crippen LogP contribution in [0, 0.1) is 0 Å². The van der Waals surface area contributed by atoms with E-state index >= 15 is 0 Å². The van der Waals surface area contributed by atoms with Crippen LogP contribution in [0.15, 0.2) is 0 Å². The number of nitrogens with one attached hydrogen (secondary N) is 1. The second kappa shape index (κ2) is 7.98. The van der Waals surface area contributed by atoms with Crippen molar-refractivity contribution in [2.45, 2.75) is 6.92 Å². The Morgan fingerprint density at radius 2 is 2.17 bits per heavy atom. The third-order valence-electron chi connectivity index (χ3n) is 1.12. The Labute approximate surface area is 78.9 Å². The van der Waals surface area contributed by atoms with E-state index < -0.39 is 7.60 Å². The summed E-state index contributed by atoms with van der Waals surface area (Å²) in [6.45, 7) is 2.65. The largest absolute Gasteiger partial charge is 0.347 e. The van der Waals surface area contributed by atoms with Gasteiger partial charge in [-0.05, 0) is 14.0 Å². The van der Waals surface area contributed by atoms with Gasteiger partial charge in [0.15, 0.2) is 0 Å². The number of nitrogens with two attached hydrogens (primary N) is 1. The van der Waals surface area contributed by atoms with Crippen LogP contribution in [0.2, 0.25) is 0 Å². The molecule has 0 amide bonds. The maximum Gasteiger partial charge on any atom is 0.347 e. The van der Waals surface area contributed by atoms with E-state index in [1.54, 1.807) is 14.0 Å². The summed E-state index contributed by atoms with van der Waals surface area (Å²) in [5.41, 5.74) is 0. The first-order valence-electron chi connectivity index (χ1n) is 3.45. The molecule has 3 N–H and O–H groups in total. The summed E-state index contributed by atoms with van der Waals surface area (Å²) in [7, 11) is -1.24. The summed E-state index contributed by atoms with van der Waals surface area (Å²) in [6.07, 6.45) is 0.299. The highest BCUT2D eigenvalue weighted by molar-refractivity contribution is 7.53. The van der Waals surface area contributed by atoms with Crippen molar-refractivity contribution in [1.29, 1.82) is 0 Å². The molecule has 0 heterocycles. The molecule has 0 fully saturated rings. The van der Waals surface area contributed by atoms with E-state index in [2.05, 4.69) is 9.94 Å². The van der Waals surface area contributed by atoms with Gasteiger partial charge in [-0.25, -0.2) is 10.5 Å². The van der Waals surface area contributed by atoms with Crippen molar-refractivity contribution in [3.05, 3.63) is 0 Å². The minimum absolute atomic E-state index is 0. The molecule has 0 saturated carbocycles. The van der Waals surface area contributed by atoms with Crippen molar-refractivity contribution in [3.8, 4) is 0 Å². The molecule has 1 atom stereocenters. The van der Waals surface area contributed by atoms with Crippen molar-refractivity contribution < 1.29 is 13.7 Å². The highest BCUT2D eigenvalue weighted by atomic mass is 35.5. The molecule has 0 saturated heterocycles. The maximum absolute atomic E-state index is 11.3. The highest BCUT2D eigenvalue weighted by Crippen LogP contribution is 2.45. The lowest BCUT2D eigenvalue weighted by atomic mass is 10.8. The molecular formula is C5H16ClN2O3P. The fourth-order valence-electron chi connectivity index (χ4n) is 0.593. The molecule has 0 radical (unpaired) electrons. The first-order valence-corrected chi connectivity index (χ1v) is 5.18. The Balaban J connectivity index is 0. The Kier molecular flexibility index (Phi) is 9.88. The third-order valence-corrected chi connectivity index (χ3v) is 2.87. The highest BCUT2D eigenvalue weighted by Gasteiger charge is 2.21. The Morgan fingerprint density at radius 3 is 2.50 bits per heavy atom. The molecule has 0 aliphatic carbocycles. The molecule has 12 heavy (non-hydrogen) atoms. The summed E-state index contributed by atoms with van der Waals surface area (Å²) in [6, 6.07) is 0. The van der Waals surface area contributed by atoms with Crippen molar-refractivity contribution in [3.63, 3.8) is 0 Å². The van der Waals surface area contributed by atoms with Gasteiger partial charge in [-0.2, -0.15) is 0 Å². The number of rotatable bonds is 6. The number of hydrogen-bond donors (Lipinski definition) is 2. The molecule has 0 aromatic rings. The van der Waals surface area contributed by atoms with Crippen LogP contribution in [0.25, 0.3) is 0 Å². The molecule has 0 spiro atoms. The van der Waals surface area contributed by atoms with E-state index in [0.29, 0.717) is 19.3 Å². The lowest BCUT2D eigenvalue weighted by Crippen LogP contribution is -2.15. The van der Waals surface area contributed by atoms with Gasteiger partial charge >= 0.3 is 7.60 Å². The molecule has 5 nitrogen and oxygen atoms in total. The predicted octanol–water partition coefficient (Wildman–Crippen LogP) is 0.747. The lowest BCUT2D eigenvalue weighted by Gasteiger charge is -2.13. The Bertz CT molecular complexity index is 147. The van der Waals surface area contributed by atoms with E-state index in [-0.39, 0.29) is 12.4 Å². The zero-order chi connectivity index (χ0) is 8.74. The van der Waals surface area contributed by atoms with Gasteiger partial charge in [-0.15, -0.1) is 12.4 Å². The van der Waals surface area contributed by atoms with E-state index in [1.165, 1.54) is 0 Å². The van der Waals surface area contributed by atoms with Crippen LogP contribution in [0.4, 0.5) is 0 Å². The first kappa shape index (κ1) is 14.9. The van der Waals surface area contributed by atoms with Crippen LogP contribution in [-0.2, 0) is 13.7 Å². The molecule has 0 aromatic heterocycles. The fourth-order valence-corrected chi connectivity index (χ4v) is 1.78. The smallest absolute Gasteiger partial charge is 0.319 e. The van der Waals surface area contributed by atoms with Gasteiger partial charge < -0.3 is 9.84 Å².